The molecule has 1 aliphatic carbocycles. The molecule has 0 unspecified atom stereocenters. The molecule has 21 heavy (non-hydrogen) atoms. The molecule has 5 nitrogen and oxygen atoms in total. The second-order valence-corrected chi connectivity index (χ2v) is 5.72. The van der Waals surface area contributed by atoms with Crippen LogP contribution in [0.25, 0.3) is 0 Å². The van der Waals surface area contributed by atoms with E-state index < -0.39 is 6.10 Å². The van der Waals surface area contributed by atoms with Crippen molar-refractivity contribution < 1.29 is 9.63 Å². The fraction of sp³-hybridized carbons (Fsp3) is 0.500. The lowest BCUT2D eigenvalue weighted by Gasteiger charge is -2.35. The molecule has 3 rings (SSSR count). The summed E-state index contributed by atoms with van der Waals surface area (Å²) in [6.07, 6.45) is 4.67. The highest BCUT2D eigenvalue weighted by atomic mass is 16.5. The first-order chi connectivity index (χ1) is 10.3. The number of hydrogen-bond acceptors (Lipinski definition) is 5. The molecule has 5 heteroatoms. The van der Waals surface area contributed by atoms with Crippen LogP contribution in [0.1, 0.15) is 55.5 Å². The van der Waals surface area contributed by atoms with Gasteiger partial charge in [0.2, 0.25) is 0 Å². The molecule has 1 aromatic carbocycles. The molecule has 0 spiro atoms. The molecule has 112 valence electrons. The van der Waals surface area contributed by atoms with Crippen molar-refractivity contribution in [3.8, 4) is 0 Å². The predicted molar refractivity (Wildman–Crippen MR) is 78.6 cm³/mol. The van der Waals surface area contributed by atoms with E-state index in [1.165, 1.54) is 12.0 Å². The SMILES string of the molecule is NC[C@H](O)c1nc(C2(c3ccccc3)CCCCC2)no1. The van der Waals surface area contributed by atoms with Crippen molar-refractivity contribution in [2.45, 2.75) is 43.6 Å². The minimum absolute atomic E-state index is 0.0833. The molecule has 1 fully saturated rings. The summed E-state index contributed by atoms with van der Waals surface area (Å²) >= 11 is 0. The fourth-order valence-corrected chi connectivity index (χ4v) is 3.22. The number of hydrogen-bond donors (Lipinski definition) is 2. The third kappa shape index (κ3) is 2.59. The van der Waals surface area contributed by atoms with E-state index in [0.29, 0.717) is 5.82 Å². The van der Waals surface area contributed by atoms with E-state index in [-0.39, 0.29) is 17.9 Å². The minimum Gasteiger partial charge on any atom is -0.382 e. The summed E-state index contributed by atoms with van der Waals surface area (Å²) in [6.45, 7) is 0.0833. The molecule has 0 saturated heterocycles. The van der Waals surface area contributed by atoms with Crippen LogP contribution in [0.4, 0.5) is 0 Å². The van der Waals surface area contributed by atoms with Gasteiger partial charge in [-0.15, -0.1) is 0 Å². The molecule has 0 radical (unpaired) electrons. The van der Waals surface area contributed by atoms with Gasteiger partial charge in [0.1, 0.15) is 6.10 Å². The molecule has 2 aromatic rings. The maximum Gasteiger partial charge on any atom is 0.256 e. The van der Waals surface area contributed by atoms with Crippen molar-refractivity contribution in [2.75, 3.05) is 6.54 Å². The highest BCUT2D eigenvalue weighted by Gasteiger charge is 2.40. The van der Waals surface area contributed by atoms with Crippen LogP contribution in [0.2, 0.25) is 0 Å². The van der Waals surface area contributed by atoms with Gasteiger partial charge in [-0.25, -0.2) is 0 Å². The van der Waals surface area contributed by atoms with Gasteiger partial charge in [-0.1, -0.05) is 54.8 Å². The maximum absolute atomic E-state index is 9.77. The largest absolute Gasteiger partial charge is 0.382 e. The third-order valence-corrected chi connectivity index (χ3v) is 4.41. The Morgan fingerprint density at radius 2 is 1.90 bits per heavy atom. The van der Waals surface area contributed by atoms with Crippen LogP contribution in [0.15, 0.2) is 34.9 Å². The number of nitrogens with zero attached hydrogens (tertiary/aromatic N) is 2. The smallest absolute Gasteiger partial charge is 0.256 e. The molecule has 0 bridgehead atoms. The van der Waals surface area contributed by atoms with Crippen molar-refractivity contribution >= 4 is 0 Å². The lowest BCUT2D eigenvalue weighted by Crippen LogP contribution is -2.31. The van der Waals surface area contributed by atoms with E-state index in [1.54, 1.807) is 0 Å². The Balaban J connectivity index is 2.02. The lowest BCUT2D eigenvalue weighted by atomic mass is 9.69. The summed E-state index contributed by atoms with van der Waals surface area (Å²) in [5, 5.41) is 13.9. The molecule has 1 aliphatic rings. The summed E-state index contributed by atoms with van der Waals surface area (Å²) in [5.74, 6) is 0.893. The number of aromatic nitrogens is 2. The van der Waals surface area contributed by atoms with Crippen molar-refractivity contribution in [1.29, 1.82) is 0 Å². The average molecular weight is 287 g/mol. The molecular weight excluding hydrogens is 266 g/mol. The lowest BCUT2D eigenvalue weighted by molar-refractivity contribution is 0.141. The monoisotopic (exact) mass is 287 g/mol. The zero-order chi connectivity index (χ0) is 14.7. The van der Waals surface area contributed by atoms with Crippen LogP contribution in [-0.2, 0) is 5.41 Å². The molecule has 1 atom stereocenters. The average Bonchev–Trinajstić information content (AvgIpc) is 3.06. The summed E-state index contributed by atoms with van der Waals surface area (Å²) in [7, 11) is 0. The van der Waals surface area contributed by atoms with Crippen LogP contribution < -0.4 is 5.73 Å². The fourth-order valence-electron chi connectivity index (χ4n) is 3.22. The van der Waals surface area contributed by atoms with Crippen molar-refractivity contribution in [1.82, 2.24) is 10.1 Å². The Hall–Kier alpha value is -1.72. The molecule has 1 saturated carbocycles. The van der Waals surface area contributed by atoms with E-state index in [4.69, 9.17) is 10.3 Å². The molecule has 3 N–H and O–H groups in total. The van der Waals surface area contributed by atoms with Crippen LogP contribution in [0.3, 0.4) is 0 Å². The summed E-state index contributed by atoms with van der Waals surface area (Å²) in [6, 6.07) is 10.4. The molecule has 0 amide bonds. The van der Waals surface area contributed by atoms with Gasteiger partial charge in [0.25, 0.3) is 5.89 Å². The van der Waals surface area contributed by atoms with Gasteiger partial charge >= 0.3 is 0 Å². The zero-order valence-electron chi connectivity index (χ0n) is 12.0. The predicted octanol–water partition coefficient (Wildman–Crippen LogP) is 2.31. The zero-order valence-corrected chi connectivity index (χ0v) is 12.0. The Kier molecular flexibility index (Phi) is 4.03. The van der Waals surface area contributed by atoms with E-state index >= 15 is 0 Å². The number of rotatable bonds is 4. The maximum atomic E-state index is 9.77. The quantitative estimate of drug-likeness (QED) is 0.901. The number of benzene rings is 1. The van der Waals surface area contributed by atoms with E-state index in [9.17, 15) is 5.11 Å². The minimum atomic E-state index is -0.886. The molecule has 1 aromatic heterocycles. The second kappa shape index (κ2) is 5.95. The highest BCUT2D eigenvalue weighted by molar-refractivity contribution is 5.33. The van der Waals surface area contributed by atoms with Gasteiger partial charge in [0.15, 0.2) is 5.82 Å². The van der Waals surface area contributed by atoms with Gasteiger partial charge in [-0.05, 0) is 18.4 Å². The Bertz CT molecular complexity index is 576. The van der Waals surface area contributed by atoms with Crippen LogP contribution in [-0.4, -0.2) is 21.8 Å². The standard InChI is InChI=1S/C16H21N3O2/c17-11-13(20)14-18-15(19-21-14)16(9-5-2-6-10-16)12-7-3-1-4-8-12/h1,3-4,7-8,13,20H,2,5-6,9-11,17H2/t13-/m0/s1. The van der Waals surface area contributed by atoms with Crippen LogP contribution in [0.5, 0.6) is 0 Å². The van der Waals surface area contributed by atoms with Crippen LogP contribution >= 0.6 is 0 Å². The first-order valence-electron chi connectivity index (χ1n) is 7.54. The van der Waals surface area contributed by atoms with E-state index in [2.05, 4.69) is 22.3 Å². The summed E-state index contributed by atoms with van der Waals surface area (Å²) in [5.41, 5.74) is 6.48. The van der Waals surface area contributed by atoms with Gasteiger partial charge in [-0.3, -0.25) is 0 Å². The van der Waals surface area contributed by atoms with E-state index in [1.807, 2.05) is 18.2 Å². The Labute approximate surface area is 124 Å². The normalized spacial score (nSPS) is 19.3. The Morgan fingerprint density at radius 1 is 1.19 bits per heavy atom. The highest BCUT2D eigenvalue weighted by Crippen LogP contribution is 2.43. The van der Waals surface area contributed by atoms with Crippen LogP contribution in [0, 0.1) is 0 Å². The Morgan fingerprint density at radius 3 is 2.57 bits per heavy atom. The van der Waals surface area contributed by atoms with Crippen molar-refractivity contribution in [3.05, 3.63) is 47.6 Å². The number of aliphatic hydroxyl groups excluding tert-OH is 1. The van der Waals surface area contributed by atoms with Gasteiger partial charge < -0.3 is 15.4 Å². The molecule has 0 aliphatic heterocycles. The third-order valence-electron chi connectivity index (χ3n) is 4.41. The van der Waals surface area contributed by atoms with Gasteiger partial charge in [0.05, 0.1) is 5.41 Å². The first kappa shape index (κ1) is 14.2. The topological polar surface area (TPSA) is 85.2 Å². The second-order valence-electron chi connectivity index (χ2n) is 5.72. The molecule has 1 heterocycles. The van der Waals surface area contributed by atoms with Crippen molar-refractivity contribution in [3.63, 3.8) is 0 Å². The number of aliphatic hydroxyl groups is 1. The summed E-state index contributed by atoms with van der Waals surface area (Å²) in [4.78, 5) is 4.45. The van der Waals surface area contributed by atoms with Gasteiger partial charge in [0, 0.05) is 6.54 Å². The van der Waals surface area contributed by atoms with E-state index in [0.717, 1.165) is 25.7 Å². The van der Waals surface area contributed by atoms with Gasteiger partial charge in [-0.2, -0.15) is 4.98 Å². The first-order valence-corrected chi connectivity index (χ1v) is 7.54. The molecular formula is C16H21N3O2. The number of nitrogens with two attached hydrogens (primary N) is 1. The summed E-state index contributed by atoms with van der Waals surface area (Å²) < 4.78 is 5.23. The van der Waals surface area contributed by atoms with Crippen molar-refractivity contribution in [2.24, 2.45) is 5.73 Å².